The fraction of sp³-hybridized carbons (Fsp3) is 0.632. The molecule has 0 unspecified atom stereocenters. The Morgan fingerprint density at radius 3 is 2.08 bits per heavy atom. The Kier molecular flexibility index (Phi) is 5.01. The van der Waals surface area contributed by atoms with Gasteiger partial charge >= 0.3 is 13.2 Å². The van der Waals surface area contributed by atoms with Crippen molar-refractivity contribution in [2.45, 2.75) is 79.1 Å². The molecule has 1 fully saturated rings. The second kappa shape index (κ2) is 6.33. The van der Waals surface area contributed by atoms with E-state index in [0.717, 1.165) is 16.6 Å². The van der Waals surface area contributed by atoms with E-state index in [-0.39, 0.29) is 5.54 Å². The first kappa shape index (κ1) is 19.8. The first-order valence-electron chi connectivity index (χ1n) is 8.69. The number of hydrogen-bond acceptors (Lipinski definition) is 4. The Morgan fingerprint density at radius 2 is 1.60 bits per heavy atom. The highest BCUT2D eigenvalue weighted by Gasteiger charge is 2.52. The monoisotopic (exact) mass is 347 g/mol. The maximum Gasteiger partial charge on any atom is 0.495 e. The smallest absolute Gasteiger partial charge is 0.410 e. The standard InChI is InChI=1S/C19H30BNO4/c1-12-10-14(20-24-18(6,7)19(8,9)25-20)13(2)15(11-12)23-16(22)21-17(3,4)5/h10-11H,1-9H3,(H,21,22). The number of rotatable bonds is 2. The number of hydrogen-bond donors (Lipinski definition) is 1. The predicted octanol–water partition coefficient (Wildman–Crippen LogP) is 3.49. The lowest BCUT2D eigenvalue weighted by Gasteiger charge is -2.32. The zero-order chi connectivity index (χ0) is 19.2. The molecule has 1 aliphatic heterocycles. The van der Waals surface area contributed by atoms with Crippen molar-refractivity contribution in [3.05, 3.63) is 23.3 Å². The molecule has 138 valence electrons. The minimum Gasteiger partial charge on any atom is -0.410 e. The van der Waals surface area contributed by atoms with E-state index in [0.29, 0.717) is 5.75 Å². The molecule has 0 aromatic heterocycles. The Hall–Kier alpha value is -1.53. The van der Waals surface area contributed by atoms with Gasteiger partial charge < -0.3 is 19.4 Å². The third-order valence-corrected chi connectivity index (χ3v) is 4.73. The van der Waals surface area contributed by atoms with E-state index in [4.69, 9.17) is 14.0 Å². The molecule has 1 aliphatic rings. The van der Waals surface area contributed by atoms with Gasteiger partial charge in [0.15, 0.2) is 0 Å². The molecule has 0 aliphatic carbocycles. The molecule has 0 spiro atoms. The first-order valence-corrected chi connectivity index (χ1v) is 8.69. The van der Waals surface area contributed by atoms with Gasteiger partial charge in [-0.2, -0.15) is 0 Å². The van der Waals surface area contributed by atoms with Crippen LogP contribution in [0.2, 0.25) is 0 Å². The van der Waals surface area contributed by atoms with Gasteiger partial charge in [0.05, 0.1) is 11.2 Å². The van der Waals surface area contributed by atoms with Crippen LogP contribution in [0, 0.1) is 13.8 Å². The average Bonchev–Trinajstić information content (AvgIpc) is 2.60. The van der Waals surface area contributed by atoms with Gasteiger partial charge in [-0.15, -0.1) is 0 Å². The van der Waals surface area contributed by atoms with Crippen molar-refractivity contribution in [2.24, 2.45) is 0 Å². The second-order valence-corrected chi connectivity index (χ2v) is 8.83. The van der Waals surface area contributed by atoms with Gasteiger partial charge in [-0.3, -0.25) is 0 Å². The van der Waals surface area contributed by atoms with Crippen LogP contribution in [0.15, 0.2) is 12.1 Å². The molecule has 1 heterocycles. The van der Waals surface area contributed by atoms with E-state index in [2.05, 4.69) is 5.32 Å². The van der Waals surface area contributed by atoms with Crippen LogP contribution >= 0.6 is 0 Å². The highest BCUT2D eigenvalue weighted by molar-refractivity contribution is 6.62. The molecular weight excluding hydrogens is 317 g/mol. The van der Waals surface area contributed by atoms with Crippen molar-refractivity contribution < 1.29 is 18.8 Å². The molecule has 1 saturated heterocycles. The van der Waals surface area contributed by atoms with E-state index < -0.39 is 24.4 Å². The molecule has 1 amide bonds. The number of carbonyl (C=O) groups is 1. The van der Waals surface area contributed by atoms with Crippen molar-refractivity contribution in [2.75, 3.05) is 0 Å². The van der Waals surface area contributed by atoms with Gasteiger partial charge in [-0.05, 0) is 85.0 Å². The summed E-state index contributed by atoms with van der Waals surface area (Å²) in [5.41, 5.74) is 1.51. The molecule has 1 aromatic rings. The van der Waals surface area contributed by atoms with Gasteiger partial charge in [-0.1, -0.05) is 6.07 Å². The zero-order valence-corrected chi connectivity index (χ0v) is 16.9. The number of ether oxygens (including phenoxy) is 1. The zero-order valence-electron chi connectivity index (χ0n) is 16.9. The van der Waals surface area contributed by atoms with Crippen LogP contribution in [0.1, 0.15) is 59.6 Å². The van der Waals surface area contributed by atoms with Gasteiger partial charge in [-0.25, -0.2) is 4.79 Å². The second-order valence-electron chi connectivity index (χ2n) is 8.83. The molecule has 6 heteroatoms. The average molecular weight is 347 g/mol. The molecule has 25 heavy (non-hydrogen) atoms. The Labute approximate surface area is 151 Å². The Morgan fingerprint density at radius 1 is 1.08 bits per heavy atom. The largest absolute Gasteiger partial charge is 0.495 e. The Balaban J connectivity index is 2.31. The fourth-order valence-corrected chi connectivity index (χ4v) is 2.60. The lowest BCUT2D eigenvalue weighted by atomic mass is 9.75. The highest BCUT2D eigenvalue weighted by atomic mass is 16.7. The van der Waals surface area contributed by atoms with Gasteiger partial charge in [0, 0.05) is 5.54 Å². The van der Waals surface area contributed by atoms with Crippen molar-refractivity contribution in [3.63, 3.8) is 0 Å². The number of benzene rings is 1. The van der Waals surface area contributed by atoms with E-state index in [1.807, 2.05) is 74.4 Å². The molecule has 0 bridgehead atoms. The summed E-state index contributed by atoms with van der Waals surface area (Å²) < 4.78 is 17.8. The van der Waals surface area contributed by atoms with Crippen LogP contribution in [0.25, 0.3) is 0 Å². The van der Waals surface area contributed by atoms with Gasteiger partial charge in [0.25, 0.3) is 0 Å². The van der Waals surface area contributed by atoms with Gasteiger partial charge in [0.1, 0.15) is 5.75 Å². The minimum atomic E-state index is -0.488. The summed E-state index contributed by atoms with van der Waals surface area (Å²) in [6, 6.07) is 3.87. The molecule has 2 rings (SSSR count). The molecule has 5 nitrogen and oxygen atoms in total. The molecule has 0 atom stereocenters. The maximum absolute atomic E-state index is 12.1. The summed E-state index contributed by atoms with van der Waals surface area (Å²) in [5, 5.41) is 2.81. The third-order valence-electron chi connectivity index (χ3n) is 4.73. The van der Waals surface area contributed by atoms with E-state index in [1.54, 1.807) is 0 Å². The quantitative estimate of drug-likeness (QED) is 0.832. The molecule has 1 N–H and O–H groups in total. The lowest BCUT2D eigenvalue weighted by molar-refractivity contribution is 0.00578. The summed E-state index contributed by atoms with van der Waals surface area (Å²) in [6.45, 7) is 17.7. The number of carbonyl (C=O) groups excluding carboxylic acids is 1. The summed E-state index contributed by atoms with van der Waals surface area (Å²) in [5.74, 6) is 0.520. The predicted molar refractivity (Wildman–Crippen MR) is 101 cm³/mol. The number of amides is 1. The topological polar surface area (TPSA) is 56.8 Å². The van der Waals surface area contributed by atoms with Crippen LogP contribution in [0.4, 0.5) is 4.79 Å². The first-order chi connectivity index (χ1) is 11.2. The summed E-state index contributed by atoms with van der Waals surface area (Å²) in [7, 11) is -0.488. The van der Waals surface area contributed by atoms with Crippen LogP contribution in [0.5, 0.6) is 5.75 Å². The van der Waals surface area contributed by atoms with Gasteiger partial charge in [0.2, 0.25) is 0 Å². The van der Waals surface area contributed by atoms with Crippen molar-refractivity contribution in [1.82, 2.24) is 5.32 Å². The summed E-state index contributed by atoms with van der Waals surface area (Å²) in [4.78, 5) is 12.1. The fourth-order valence-electron chi connectivity index (χ4n) is 2.60. The molecule has 1 aromatic carbocycles. The normalized spacial score (nSPS) is 19.0. The minimum absolute atomic E-state index is 0.358. The summed E-state index contributed by atoms with van der Waals surface area (Å²) in [6.07, 6.45) is -0.471. The Bertz CT molecular complexity index is 661. The van der Waals surface area contributed by atoms with E-state index in [9.17, 15) is 4.79 Å². The molecular formula is C19H30BNO4. The van der Waals surface area contributed by atoms with E-state index >= 15 is 0 Å². The SMILES string of the molecule is Cc1cc(OC(=O)NC(C)(C)C)c(C)c(B2OC(C)(C)C(C)(C)O2)c1. The summed E-state index contributed by atoms with van der Waals surface area (Å²) >= 11 is 0. The maximum atomic E-state index is 12.1. The van der Waals surface area contributed by atoms with Crippen LogP contribution in [-0.2, 0) is 9.31 Å². The molecule has 0 saturated carbocycles. The number of aryl methyl sites for hydroxylation is 1. The number of nitrogens with one attached hydrogen (secondary N) is 1. The van der Waals surface area contributed by atoms with Crippen molar-refractivity contribution in [3.8, 4) is 5.75 Å². The molecule has 0 radical (unpaired) electrons. The lowest BCUT2D eigenvalue weighted by Crippen LogP contribution is -2.42. The van der Waals surface area contributed by atoms with Crippen molar-refractivity contribution in [1.29, 1.82) is 0 Å². The van der Waals surface area contributed by atoms with Crippen LogP contribution in [0.3, 0.4) is 0 Å². The highest BCUT2D eigenvalue weighted by Crippen LogP contribution is 2.37. The third kappa shape index (κ3) is 4.36. The van der Waals surface area contributed by atoms with E-state index in [1.165, 1.54) is 0 Å². The van der Waals surface area contributed by atoms with Crippen LogP contribution < -0.4 is 15.5 Å². The van der Waals surface area contributed by atoms with Crippen molar-refractivity contribution >= 4 is 18.7 Å². The van der Waals surface area contributed by atoms with Crippen LogP contribution in [-0.4, -0.2) is 30.0 Å².